The first kappa shape index (κ1) is 14.1. The quantitative estimate of drug-likeness (QED) is 0.560. The van der Waals surface area contributed by atoms with Crippen molar-refractivity contribution in [3.8, 4) is 0 Å². The maximum atomic E-state index is 11.3. The predicted octanol–water partition coefficient (Wildman–Crippen LogP) is 0.0168. The molecule has 0 aromatic carbocycles. The summed E-state index contributed by atoms with van der Waals surface area (Å²) in [5.41, 5.74) is 0. The normalized spacial score (nSPS) is 25.3. The van der Waals surface area contributed by atoms with Gasteiger partial charge in [-0.25, -0.2) is 9.59 Å². The lowest BCUT2D eigenvalue weighted by molar-refractivity contribution is -0.146. The summed E-state index contributed by atoms with van der Waals surface area (Å²) in [4.78, 5) is 21.6. The van der Waals surface area contributed by atoms with E-state index in [1.165, 1.54) is 0 Å². The molecule has 1 rings (SSSR count). The minimum atomic E-state index is -1.56. The standard InChI is InChI=1S/C10H18N2O4S/c1-10(3-2-4-17-10)6-12-9(16)11-5-7(13)8(14)15/h7,13H,2-6H2,1H3,(H,14,15)(H2,11,12,16). The highest BCUT2D eigenvalue weighted by molar-refractivity contribution is 8.00. The van der Waals surface area contributed by atoms with Crippen molar-refractivity contribution in [1.82, 2.24) is 10.6 Å². The Balaban J connectivity index is 2.19. The monoisotopic (exact) mass is 262 g/mol. The molecule has 0 aromatic rings. The van der Waals surface area contributed by atoms with Gasteiger partial charge in [0.25, 0.3) is 0 Å². The van der Waals surface area contributed by atoms with Crippen LogP contribution in [0.3, 0.4) is 0 Å². The van der Waals surface area contributed by atoms with E-state index in [1.54, 1.807) is 0 Å². The summed E-state index contributed by atoms with van der Waals surface area (Å²) in [5.74, 6) is -0.235. The van der Waals surface area contributed by atoms with Gasteiger partial charge < -0.3 is 20.8 Å². The van der Waals surface area contributed by atoms with Crippen LogP contribution in [0.1, 0.15) is 19.8 Å². The van der Waals surface area contributed by atoms with Gasteiger partial charge in [0, 0.05) is 11.3 Å². The smallest absolute Gasteiger partial charge is 0.334 e. The van der Waals surface area contributed by atoms with Crippen molar-refractivity contribution < 1.29 is 19.8 Å². The number of carbonyl (C=O) groups excluding carboxylic acids is 1. The van der Waals surface area contributed by atoms with Gasteiger partial charge in [0.1, 0.15) is 0 Å². The van der Waals surface area contributed by atoms with Crippen LogP contribution in [0.2, 0.25) is 0 Å². The lowest BCUT2D eigenvalue weighted by Gasteiger charge is -2.23. The summed E-state index contributed by atoms with van der Waals surface area (Å²) in [6.45, 7) is 2.36. The Bertz CT molecular complexity index is 292. The van der Waals surface area contributed by atoms with Crippen LogP contribution in [-0.2, 0) is 4.79 Å². The first-order chi connectivity index (χ1) is 7.93. The van der Waals surface area contributed by atoms with Gasteiger partial charge >= 0.3 is 12.0 Å². The highest BCUT2D eigenvalue weighted by atomic mass is 32.2. The molecule has 7 heteroatoms. The van der Waals surface area contributed by atoms with Crippen LogP contribution in [-0.4, -0.2) is 51.9 Å². The number of hydrogen-bond acceptors (Lipinski definition) is 4. The second-order valence-electron chi connectivity index (χ2n) is 4.32. The fourth-order valence-corrected chi connectivity index (χ4v) is 2.83. The molecule has 1 saturated heterocycles. The van der Waals surface area contributed by atoms with E-state index in [0.717, 1.165) is 18.6 Å². The number of nitrogens with one attached hydrogen (secondary N) is 2. The summed E-state index contributed by atoms with van der Waals surface area (Å²) in [5, 5.41) is 22.4. The molecule has 0 aliphatic carbocycles. The van der Waals surface area contributed by atoms with E-state index in [9.17, 15) is 9.59 Å². The van der Waals surface area contributed by atoms with E-state index in [-0.39, 0.29) is 11.3 Å². The number of carboxylic acids is 1. The molecule has 2 unspecified atom stereocenters. The third-order valence-electron chi connectivity index (χ3n) is 2.66. The van der Waals surface area contributed by atoms with Gasteiger partial charge in [-0.15, -0.1) is 0 Å². The van der Waals surface area contributed by atoms with Crippen molar-refractivity contribution >= 4 is 23.8 Å². The minimum Gasteiger partial charge on any atom is -0.479 e. The van der Waals surface area contributed by atoms with E-state index in [4.69, 9.17) is 10.2 Å². The SMILES string of the molecule is CC1(CNC(=O)NCC(O)C(=O)O)CCCS1. The van der Waals surface area contributed by atoms with Crippen LogP contribution in [0.25, 0.3) is 0 Å². The molecule has 1 heterocycles. The van der Waals surface area contributed by atoms with Gasteiger partial charge in [0.15, 0.2) is 6.10 Å². The van der Waals surface area contributed by atoms with Crippen molar-refractivity contribution in [2.24, 2.45) is 0 Å². The van der Waals surface area contributed by atoms with Crippen LogP contribution in [0.4, 0.5) is 4.79 Å². The number of rotatable bonds is 5. The largest absolute Gasteiger partial charge is 0.479 e. The number of carboxylic acid groups (broad SMARTS) is 1. The zero-order chi connectivity index (χ0) is 12.9. The summed E-state index contributed by atoms with van der Waals surface area (Å²) in [6, 6.07) is -0.445. The zero-order valence-electron chi connectivity index (χ0n) is 9.73. The third-order valence-corrected chi connectivity index (χ3v) is 4.20. The highest BCUT2D eigenvalue weighted by Crippen LogP contribution is 2.36. The maximum Gasteiger partial charge on any atom is 0.334 e. The van der Waals surface area contributed by atoms with E-state index < -0.39 is 18.1 Å². The molecule has 6 nitrogen and oxygen atoms in total. The number of aliphatic hydroxyl groups is 1. The maximum absolute atomic E-state index is 11.3. The topological polar surface area (TPSA) is 98.7 Å². The Morgan fingerprint density at radius 3 is 2.71 bits per heavy atom. The minimum absolute atomic E-state index is 0.0722. The molecule has 1 aliphatic rings. The lowest BCUT2D eigenvalue weighted by atomic mass is 10.1. The molecule has 2 atom stereocenters. The number of aliphatic hydroxyl groups excluding tert-OH is 1. The summed E-state index contributed by atoms with van der Waals surface area (Å²) in [6.07, 6.45) is 0.662. The van der Waals surface area contributed by atoms with Crippen LogP contribution in [0, 0.1) is 0 Å². The second-order valence-corrected chi connectivity index (χ2v) is 6.00. The molecule has 4 N–H and O–H groups in total. The van der Waals surface area contributed by atoms with E-state index >= 15 is 0 Å². The van der Waals surface area contributed by atoms with Gasteiger partial charge in [0.05, 0.1) is 6.54 Å². The number of carbonyl (C=O) groups is 2. The van der Waals surface area contributed by atoms with Gasteiger partial charge in [-0.2, -0.15) is 11.8 Å². The summed E-state index contributed by atoms with van der Waals surface area (Å²) < 4.78 is 0.0722. The average molecular weight is 262 g/mol. The molecule has 0 bridgehead atoms. The molecule has 0 spiro atoms. The third kappa shape index (κ3) is 4.82. The number of urea groups is 1. The Morgan fingerprint density at radius 2 is 2.18 bits per heavy atom. The van der Waals surface area contributed by atoms with Crippen LogP contribution in [0.15, 0.2) is 0 Å². The van der Waals surface area contributed by atoms with E-state index in [1.807, 2.05) is 11.8 Å². The fraction of sp³-hybridized carbons (Fsp3) is 0.800. The molecular formula is C10H18N2O4S. The first-order valence-corrected chi connectivity index (χ1v) is 6.48. The summed E-state index contributed by atoms with van der Waals surface area (Å²) >= 11 is 1.83. The van der Waals surface area contributed by atoms with Crippen LogP contribution < -0.4 is 10.6 Å². The van der Waals surface area contributed by atoms with Crippen molar-refractivity contribution in [2.75, 3.05) is 18.8 Å². The van der Waals surface area contributed by atoms with Crippen molar-refractivity contribution in [3.05, 3.63) is 0 Å². The molecular weight excluding hydrogens is 244 g/mol. The molecule has 0 radical (unpaired) electrons. The van der Waals surface area contributed by atoms with Crippen molar-refractivity contribution in [3.63, 3.8) is 0 Å². The fourth-order valence-electron chi connectivity index (χ4n) is 1.58. The summed E-state index contributed by atoms with van der Waals surface area (Å²) in [7, 11) is 0. The van der Waals surface area contributed by atoms with Gasteiger partial charge in [-0.3, -0.25) is 0 Å². The van der Waals surface area contributed by atoms with Gasteiger partial charge in [-0.1, -0.05) is 0 Å². The molecule has 2 amide bonds. The van der Waals surface area contributed by atoms with E-state index in [2.05, 4.69) is 17.6 Å². The zero-order valence-corrected chi connectivity index (χ0v) is 10.5. The molecule has 0 aromatic heterocycles. The van der Waals surface area contributed by atoms with Gasteiger partial charge in [-0.05, 0) is 25.5 Å². The highest BCUT2D eigenvalue weighted by Gasteiger charge is 2.29. The molecule has 1 aliphatic heterocycles. The lowest BCUT2D eigenvalue weighted by Crippen LogP contribution is -2.45. The Hall–Kier alpha value is -0.950. The molecule has 98 valence electrons. The Labute approximate surface area is 104 Å². The van der Waals surface area contributed by atoms with Crippen molar-refractivity contribution in [1.29, 1.82) is 0 Å². The number of thioether (sulfide) groups is 1. The Kier molecular flexibility index (Phi) is 5.07. The van der Waals surface area contributed by atoms with E-state index in [0.29, 0.717) is 6.54 Å². The predicted molar refractivity (Wildman–Crippen MR) is 65.1 cm³/mol. The first-order valence-electron chi connectivity index (χ1n) is 5.49. The number of amides is 2. The van der Waals surface area contributed by atoms with Gasteiger partial charge in [0.2, 0.25) is 0 Å². The van der Waals surface area contributed by atoms with Crippen LogP contribution in [0.5, 0.6) is 0 Å². The molecule has 1 fully saturated rings. The molecule has 17 heavy (non-hydrogen) atoms. The number of aliphatic carboxylic acids is 1. The Morgan fingerprint density at radius 1 is 1.47 bits per heavy atom. The molecule has 0 saturated carbocycles. The van der Waals surface area contributed by atoms with Crippen LogP contribution >= 0.6 is 11.8 Å². The average Bonchev–Trinajstić information content (AvgIpc) is 2.70. The number of hydrogen-bond donors (Lipinski definition) is 4. The van der Waals surface area contributed by atoms with Crippen molar-refractivity contribution in [2.45, 2.75) is 30.6 Å². The second kappa shape index (κ2) is 6.11.